The number of thiol groups is 1. The van der Waals surface area contributed by atoms with E-state index in [1.807, 2.05) is 25.9 Å². The quantitative estimate of drug-likeness (QED) is 0.855. The van der Waals surface area contributed by atoms with Crippen LogP contribution in [0.2, 0.25) is 0 Å². The number of hydrogen-bond acceptors (Lipinski definition) is 5. The number of aromatic nitrogens is 2. The first-order chi connectivity index (χ1) is 8.49. The molecule has 0 saturated heterocycles. The fourth-order valence-corrected chi connectivity index (χ4v) is 1.95. The molecule has 18 heavy (non-hydrogen) atoms. The molecule has 0 aliphatic carbocycles. The Bertz CT molecular complexity index is 599. The zero-order valence-corrected chi connectivity index (χ0v) is 11.4. The van der Waals surface area contributed by atoms with Crippen molar-refractivity contribution in [3.63, 3.8) is 0 Å². The summed E-state index contributed by atoms with van der Waals surface area (Å²) in [5.41, 5.74) is 1.73. The average molecular weight is 265 g/mol. The van der Waals surface area contributed by atoms with Crippen LogP contribution in [0.25, 0.3) is 0 Å². The van der Waals surface area contributed by atoms with E-state index in [1.54, 1.807) is 12.3 Å². The summed E-state index contributed by atoms with van der Waals surface area (Å²) in [6.07, 6.45) is 1.70. The average Bonchev–Trinajstić information content (AvgIpc) is 2.60. The summed E-state index contributed by atoms with van der Waals surface area (Å²) in [7, 11) is 1.84. The fraction of sp³-hybridized carbons (Fsp3) is 0.333. The Kier molecular flexibility index (Phi) is 3.47. The predicted octanol–water partition coefficient (Wildman–Crippen LogP) is 1.51. The van der Waals surface area contributed by atoms with Gasteiger partial charge in [-0.3, -0.25) is 4.79 Å². The van der Waals surface area contributed by atoms with Crippen molar-refractivity contribution in [1.82, 2.24) is 9.83 Å². The van der Waals surface area contributed by atoms with Gasteiger partial charge in [0.25, 0.3) is 5.56 Å². The Morgan fingerprint density at radius 3 is 2.78 bits per heavy atom. The second kappa shape index (κ2) is 4.89. The summed E-state index contributed by atoms with van der Waals surface area (Å²) in [5.74, 6) is 0.776. The Hall–Kier alpha value is -1.69. The lowest BCUT2D eigenvalue weighted by Gasteiger charge is -2.21. The van der Waals surface area contributed by atoms with Crippen LogP contribution in [0.15, 0.2) is 32.5 Å². The molecule has 0 aliphatic heterocycles. The molecule has 2 aromatic rings. The molecule has 0 spiro atoms. The van der Waals surface area contributed by atoms with E-state index < -0.39 is 0 Å². The van der Waals surface area contributed by atoms with Crippen molar-refractivity contribution in [3.8, 4) is 0 Å². The lowest BCUT2D eigenvalue weighted by Crippen LogP contribution is -2.38. The lowest BCUT2D eigenvalue weighted by molar-refractivity contribution is 0.392. The van der Waals surface area contributed by atoms with Crippen LogP contribution in [-0.2, 0) is 6.54 Å². The van der Waals surface area contributed by atoms with Gasteiger partial charge in [0.15, 0.2) is 0 Å². The third-order valence-corrected chi connectivity index (χ3v) is 3.10. The third kappa shape index (κ3) is 2.43. The highest BCUT2D eigenvalue weighted by atomic mass is 32.1. The molecule has 0 fully saturated rings. The van der Waals surface area contributed by atoms with E-state index in [1.165, 1.54) is 10.7 Å². The minimum atomic E-state index is -0.114. The Morgan fingerprint density at radius 2 is 2.22 bits per heavy atom. The topological polar surface area (TPSA) is 51.3 Å². The molecule has 0 unspecified atom stereocenters. The van der Waals surface area contributed by atoms with Gasteiger partial charge in [0.2, 0.25) is 0 Å². The highest BCUT2D eigenvalue weighted by Gasteiger charge is 2.12. The van der Waals surface area contributed by atoms with Crippen molar-refractivity contribution in [2.45, 2.75) is 25.3 Å². The van der Waals surface area contributed by atoms with E-state index in [2.05, 4.69) is 17.8 Å². The Balaban J connectivity index is 2.27. The van der Waals surface area contributed by atoms with Crippen molar-refractivity contribution in [1.29, 1.82) is 0 Å². The molecule has 5 nitrogen and oxygen atoms in total. The monoisotopic (exact) mass is 265 g/mol. The van der Waals surface area contributed by atoms with Crippen molar-refractivity contribution >= 4 is 12.6 Å². The molecule has 0 bridgehead atoms. The first kappa shape index (κ1) is 12.8. The van der Waals surface area contributed by atoms with Crippen molar-refractivity contribution < 1.29 is 4.52 Å². The molecule has 0 amide bonds. The molecule has 96 valence electrons. The largest absolute Gasteiger partial charge is 0.361 e. The molecule has 0 N–H and O–H groups in total. The minimum absolute atomic E-state index is 0.114. The van der Waals surface area contributed by atoms with Crippen LogP contribution in [0, 0.1) is 13.8 Å². The number of pyridine rings is 1. The van der Waals surface area contributed by atoms with Crippen LogP contribution in [-0.4, -0.2) is 16.9 Å². The third-order valence-electron chi connectivity index (χ3n) is 2.82. The van der Waals surface area contributed by atoms with E-state index in [9.17, 15) is 4.79 Å². The van der Waals surface area contributed by atoms with Gasteiger partial charge in [0.1, 0.15) is 5.76 Å². The summed E-state index contributed by atoms with van der Waals surface area (Å²) < 4.78 is 6.64. The van der Waals surface area contributed by atoms with Gasteiger partial charge in [0.05, 0.1) is 12.2 Å². The van der Waals surface area contributed by atoms with E-state index in [0.29, 0.717) is 11.4 Å². The van der Waals surface area contributed by atoms with Gasteiger partial charge in [-0.1, -0.05) is 5.16 Å². The molecular weight excluding hydrogens is 250 g/mol. The van der Waals surface area contributed by atoms with Crippen molar-refractivity contribution in [2.75, 3.05) is 12.1 Å². The van der Waals surface area contributed by atoms with Crippen molar-refractivity contribution in [3.05, 3.63) is 45.7 Å². The highest BCUT2D eigenvalue weighted by Crippen LogP contribution is 2.13. The maximum atomic E-state index is 11.8. The number of aryl methyl sites for hydroxylation is 2. The molecule has 0 saturated carbocycles. The smallest absolute Gasteiger partial charge is 0.270 e. The van der Waals surface area contributed by atoms with Gasteiger partial charge in [-0.05, 0) is 19.9 Å². The zero-order valence-electron chi connectivity index (χ0n) is 10.5. The summed E-state index contributed by atoms with van der Waals surface area (Å²) >= 11 is 4.13. The van der Waals surface area contributed by atoms with Gasteiger partial charge in [-0.2, -0.15) is 0 Å². The molecule has 0 atom stereocenters. The maximum Gasteiger partial charge on any atom is 0.270 e. The summed E-state index contributed by atoms with van der Waals surface area (Å²) in [6.45, 7) is 4.31. The van der Waals surface area contributed by atoms with Crippen LogP contribution >= 0.6 is 12.6 Å². The van der Waals surface area contributed by atoms with Crippen LogP contribution < -0.4 is 10.6 Å². The summed E-state index contributed by atoms with van der Waals surface area (Å²) in [5, 5.41) is 5.71. The molecule has 2 heterocycles. The van der Waals surface area contributed by atoms with E-state index >= 15 is 0 Å². The first-order valence-electron chi connectivity index (χ1n) is 5.54. The molecule has 0 aliphatic rings. The normalized spacial score (nSPS) is 10.7. The van der Waals surface area contributed by atoms with Crippen LogP contribution in [0.5, 0.6) is 0 Å². The van der Waals surface area contributed by atoms with E-state index in [4.69, 9.17) is 4.52 Å². The number of rotatable bonds is 3. The fourth-order valence-electron chi connectivity index (χ4n) is 1.78. The second-order valence-corrected chi connectivity index (χ2v) is 4.70. The summed E-state index contributed by atoms with van der Waals surface area (Å²) in [4.78, 5) is 12.5. The van der Waals surface area contributed by atoms with E-state index in [0.717, 1.165) is 17.0 Å². The van der Waals surface area contributed by atoms with Crippen LogP contribution in [0.3, 0.4) is 0 Å². The van der Waals surface area contributed by atoms with Gasteiger partial charge in [0, 0.05) is 29.8 Å². The Labute approximate surface area is 110 Å². The molecule has 0 aromatic carbocycles. The minimum Gasteiger partial charge on any atom is -0.361 e. The van der Waals surface area contributed by atoms with Crippen molar-refractivity contribution in [2.24, 2.45) is 0 Å². The maximum absolute atomic E-state index is 11.8. The SMILES string of the molecule is Cc1noc(C)c1CN(C)n1ccc(S)cc1=O. The van der Waals surface area contributed by atoms with Gasteiger partial charge in [-0.25, -0.2) is 4.68 Å². The summed E-state index contributed by atoms with van der Waals surface area (Å²) in [6, 6.07) is 3.25. The van der Waals surface area contributed by atoms with E-state index in [-0.39, 0.29) is 5.56 Å². The standard InChI is InChI=1S/C12H15N3O2S/c1-8-11(9(2)17-13-8)7-14(3)15-5-4-10(18)6-12(15)16/h4-6,18H,7H2,1-3H3. The lowest BCUT2D eigenvalue weighted by atomic mass is 10.2. The van der Waals surface area contributed by atoms with Gasteiger partial charge >= 0.3 is 0 Å². The molecular formula is C12H15N3O2S. The van der Waals surface area contributed by atoms with Crippen LogP contribution in [0.1, 0.15) is 17.0 Å². The number of nitrogens with zero attached hydrogens (tertiary/aromatic N) is 3. The van der Waals surface area contributed by atoms with Gasteiger partial charge in [-0.15, -0.1) is 12.6 Å². The highest BCUT2D eigenvalue weighted by molar-refractivity contribution is 7.80. The second-order valence-electron chi connectivity index (χ2n) is 4.19. The van der Waals surface area contributed by atoms with Gasteiger partial charge < -0.3 is 9.53 Å². The molecule has 2 aromatic heterocycles. The molecule has 6 heteroatoms. The number of hydrogen-bond donors (Lipinski definition) is 1. The van der Waals surface area contributed by atoms with Crippen LogP contribution in [0.4, 0.5) is 0 Å². The predicted molar refractivity (Wildman–Crippen MR) is 71.8 cm³/mol. The molecule has 2 rings (SSSR count). The first-order valence-corrected chi connectivity index (χ1v) is 5.98. The molecule has 0 radical (unpaired) electrons. The Morgan fingerprint density at radius 1 is 1.50 bits per heavy atom. The zero-order chi connectivity index (χ0) is 13.3.